The Bertz CT molecular complexity index is 629. The maximum atomic E-state index is 5.81. The molecule has 2 nitrogen and oxygen atoms in total. The van der Waals surface area contributed by atoms with Gasteiger partial charge in [0, 0.05) is 11.6 Å². The molecule has 114 valence electrons. The second kappa shape index (κ2) is 6.07. The summed E-state index contributed by atoms with van der Waals surface area (Å²) in [6, 6.07) is 4.84. The fraction of sp³-hybridized carbons (Fsp3) is 0.474. The minimum absolute atomic E-state index is 0.294. The molecule has 0 bridgehead atoms. The van der Waals surface area contributed by atoms with Crippen LogP contribution in [0.1, 0.15) is 50.9 Å². The maximum Gasteiger partial charge on any atom is 0.106 e. The van der Waals surface area contributed by atoms with Crippen molar-refractivity contribution in [2.24, 2.45) is 0 Å². The molecule has 1 aromatic carbocycles. The number of hydrogen-bond acceptors (Lipinski definition) is 2. The number of likely N-dealkylation sites (N-methyl/N-ethyl adjacent to an activating group) is 1. The fourth-order valence-electron chi connectivity index (χ4n) is 3.41. The minimum Gasteiger partial charge on any atom is -0.466 e. The molecule has 0 saturated heterocycles. The monoisotopic (exact) mass is 285 g/mol. The molecule has 0 fully saturated rings. The quantitative estimate of drug-likeness (QED) is 0.885. The Labute approximate surface area is 128 Å². The lowest BCUT2D eigenvalue weighted by Gasteiger charge is -2.20. The molecule has 0 aliphatic carbocycles. The van der Waals surface area contributed by atoms with Gasteiger partial charge in [0.2, 0.25) is 0 Å². The number of benzene rings is 1. The van der Waals surface area contributed by atoms with Crippen molar-refractivity contribution in [3.63, 3.8) is 0 Å². The van der Waals surface area contributed by atoms with E-state index >= 15 is 0 Å². The van der Waals surface area contributed by atoms with E-state index in [0.29, 0.717) is 6.04 Å². The van der Waals surface area contributed by atoms with Gasteiger partial charge >= 0.3 is 0 Å². The van der Waals surface area contributed by atoms with E-state index < -0.39 is 0 Å². The fourth-order valence-corrected chi connectivity index (χ4v) is 3.41. The number of furan rings is 1. The van der Waals surface area contributed by atoms with E-state index in [1.807, 2.05) is 14.0 Å². The predicted octanol–water partition coefficient (Wildman–Crippen LogP) is 4.63. The summed E-state index contributed by atoms with van der Waals surface area (Å²) in [5, 5.41) is 3.47. The van der Waals surface area contributed by atoms with Crippen molar-refractivity contribution in [3.05, 3.63) is 57.0 Å². The molecule has 0 amide bonds. The lowest BCUT2D eigenvalue weighted by Crippen LogP contribution is -2.21. The van der Waals surface area contributed by atoms with E-state index in [4.69, 9.17) is 4.42 Å². The summed E-state index contributed by atoms with van der Waals surface area (Å²) < 4.78 is 5.81. The summed E-state index contributed by atoms with van der Waals surface area (Å²) in [7, 11) is 2.03. The van der Waals surface area contributed by atoms with Crippen molar-refractivity contribution in [1.82, 2.24) is 5.32 Å². The molecular weight excluding hydrogens is 258 g/mol. The first kappa shape index (κ1) is 15.8. The highest BCUT2D eigenvalue weighted by molar-refractivity contribution is 5.41. The normalized spacial score (nSPS) is 12.7. The Kier molecular flexibility index (Phi) is 4.58. The number of nitrogens with one attached hydrogen (secondary N) is 1. The highest BCUT2D eigenvalue weighted by atomic mass is 16.3. The zero-order valence-corrected chi connectivity index (χ0v) is 14.3. The van der Waals surface area contributed by atoms with E-state index in [9.17, 15) is 0 Å². The third-order valence-corrected chi connectivity index (χ3v) is 4.56. The summed E-state index contributed by atoms with van der Waals surface area (Å²) in [4.78, 5) is 0. The highest BCUT2D eigenvalue weighted by Gasteiger charge is 2.21. The van der Waals surface area contributed by atoms with Gasteiger partial charge in [-0.3, -0.25) is 0 Å². The molecule has 0 spiro atoms. The third kappa shape index (κ3) is 3.06. The lowest BCUT2D eigenvalue weighted by molar-refractivity contribution is 0.489. The first-order valence-electron chi connectivity index (χ1n) is 7.65. The largest absolute Gasteiger partial charge is 0.466 e. The van der Waals surface area contributed by atoms with Crippen LogP contribution in [0.3, 0.4) is 0 Å². The van der Waals surface area contributed by atoms with Gasteiger partial charge in [0.25, 0.3) is 0 Å². The van der Waals surface area contributed by atoms with Gasteiger partial charge < -0.3 is 9.73 Å². The molecule has 1 aromatic heterocycles. The van der Waals surface area contributed by atoms with E-state index in [1.54, 1.807) is 0 Å². The first-order chi connectivity index (χ1) is 9.85. The summed E-state index contributed by atoms with van der Waals surface area (Å²) in [6.07, 6.45) is 0.995. The van der Waals surface area contributed by atoms with Crippen LogP contribution in [0.5, 0.6) is 0 Å². The van der Waals surface area contributed by atoms with Crippen molar-refractivity contribution in [3.8, 4) is 0 Å². The maximum absolute atomic E-state index is 5.81. The number of rotatable bonds is 4. The Morgan fingerprint density at radius 1 is 0.952 bits per heavy atom. The Balaban J connectivity index is 2.41. The van der Waals surface area contributed by atoms with Crippen LogP contribution < -0.4 is 5.32 Å². The van der Waals surface area contributed by atoms with Crippen molar-refractivity contribution in [1.29, 1.82) is 0 Å². The van der Waals surface area contributed by atoms with Crippen LogP contribution in [-0.2, 0) is 6.42 Å². The topological polar surface area (TPSA) is 25.2 Å². The summed E-state index contributed by atoms with van der Waals surface area (Å²) in [5.41, 5.74) is 8.12. The molecule has 21 heavy (non-hydrogen) atoms. The zero-order chi connectivity index (χ0) is 15.7. The van der Waals surface area contributed by atoms with Gasteiger partial charge in [0.05, 0.1) is 0 Å². The Morgan fingerprint density at radius 2 is 1.52 bits per heavy atom. The highest BCUT2D eigenvalue weighted by Crippen LogP contribution is 2.31. The number of hydrogen-bond donors (Lipinski definition) is 1. The standard InChI is InChI=1S/C19H27NO/c1-11-8-12(2)17(13(3)9-11)10-18(20-7)19-14(4)15(5)21-16(19)6/h8-9,18,20H,10H2,1-7H3. The van der Waals surface area contributed by atoms with Crippen LogP contribution in [0.4, 0.5) is 0 Å². The van der Waals surface area contributed by atoms with E-state index in [0.717, 1.165) is 17.9 Å². The van der Waals surface area contributed by atoms with Gasteiger partial charge in [-0.2, -0.15) is 0 Å². The van der Waals surface area contributed by atoms with Gasteiger partial charge in [-0.1, -0.05) is 17.7 Å². The average molecular weight is 285 g/mol. The van der Waals surface area contributed by atoms with Crippen LogP contribution in [0.2, 0.25) is 0 Å². The minimum atomic E-state index is 0.294. The SMILES string of the molecule is CNC(Cc1c(C)cc(C)cc1C)c1c(C)oc(C)c1C. The third-order valence-electron chi connectivity index (χ3n) is 4.56. The molecule has 0 saturated carbocycles. The van der Waals surface area contributed by atoms with Crippen LogP contribution in [0.25, 0.3) is 0 Å². The van der Waals surface area contributed by atoms with Crippen LogP contribution in [0, 0.1) is 41.5 Å². The van der Waals surface area contributed by atoms with Crippen molar-refractivity contribution >= 4 is 0 Å². The van der Waals surface area contributed by atoms with Crippen molar-refractivity contribution < 1.29 is 4.42 Å². The van der Waals surface area contributed by atoms with Gasteiger partial charge in [-0.15, -0.1) is 0 Å². The smallest absolute Gasteiger partial charge is 0.106 e. The molecule has 0 radical (unpaired) electrons. The van der Waals surface area contributed by atoms with Crippen molar-refractivity contribution in [2.75, 3.05) is 7.05 Å². The molecule has 1 N–H and O–H groups in total. The van der Waals surface area contributed by atoms with Gasteiger partial charge in [0.1, 0.15) is 11.5 Å². The first-order valence-corrected chi connectivity index (χ1v) is 7.65. The van der Waals surface area contributed by atoms with E-state index in [1.165, 1.54) is 33.4 Å². The molecule has 2 heteroatoms. The average Bonchev–Trinajstić information content (AvgIpc) is 2.64. The summed E-state index contributed by atoms with van der Waals surface area (Å²) in [6.45, 7) is 12.8. The Morgan fingerprint density at radius 3 is 1.95 bits per heavy atom. The molecule has 1 atom stereocenters. The lowest BCUT2D eigenvalue weighted by atomic mass is 9.90. The van der Waals surface area contributed by atoms with Crippen LogP contribution in [-0.4, -0.2) is 7.05 Å². The Hall–Kier alpha value is -1.54. The van der Waals surface area contributed by atoms with Crippen LogP contribution >= 0.6 is 0 Å². The summed E-state index contributed by atoms with van der Waals surface area (Å²) in [5.74, 6) is 2.06. The molecule has 2 aromatic rings. The molecule has 0 aliphatic rings. The molecule has 1 heterocycles. The second-order valence-corrected chi connectivity index (χ2v) is 6.18. The molecule has 1 unspecified atom stereocenters. The molecule has 2 rings (SSSR count). The number of aryl methyl sites for hydroxylation is 5. The zero-order valence-electron chi connectivity index (χ0n) is 14.3. The molecule has 0 aliphatic heterocycles. The second-order valence-electron chi connectivity index (χ2n) is 6.18. The van der Waals surface area contributed by atoms with E-state index in [2.05, 4.69) is 52.1 Å². The summed E-state index contributed by atoms with van der Waals surface area (Å²) >= 11 is 0. The van der Waals surface area contributed by atoms with Crippen molar-refractivity contribution in [2.45, 2.75) is 54.0 Å². The van der Waals surface area contributed by atoms with Gasteiger partial charge in [0.15, 0.2) is 0 Å². The van der Waals surface area contributed by atoms with Gasteiger partial charge in [-0.25, -0.2) is 0 Å². The van der Waals surface area contributed by atoms with Gasteiger partial charge in [-0.05, 0) is 77.3 Å². The van der Waals surface area contributed by atoms with E-state index in [-0.39, 0.29) is 0 Å². The molecular formula is C19H27NO. The predicted molar refractivity (Wildman–Crippen MR) is 89.1 cm³/mol. The van der Waals surface area contributed by atoms with Crippen LogP contribution in [0.15, 0.2) is 16.5 Å².